The van der Waals surface area contributed by atoms with E-state index < -0.39 is 6.04 Å². The fraction of sp³-hybridized carbons (Fsp3) is 0.871. The number of carbonyl (C=O) groups excluding carboxylic acids is 3. The molecule has 0 bridgehead atoms. The van der Waals surface area contributed by atoms with Gasteiger partial charge in [-0.1, -0.05) is 65.2 Å². The number of aliphatic imine (C=N–C) groups is 1. The van der Waals surface area contributed by atoms with Gasteiger partial charge < -0.3 is 32.3 Å². The highest BCUT2D eigenvalue weighted by Crippen LogP contribution is 2.41. The van der Waals surface area contributed by atoms with E-state index >= 15 is 0 Å². The van der Waals surface area contributed by atoms with Crippen LogP contribution in [0.5, 0.6) is 0 Å². The molecule has 1 saturated carbocycles. The van der Waals surface area contributed by atoms with Crippen molar-refractivity contribution in [1.82, 2.24) is 26.6 Å². The number of nitrogens with two attached hydrogens (primary N) is 1. The molecule has 1 rings (SSSR count). The van der Waals surface area contributed by atoms with Crippen LogP contribution in [-0.2, 0) is 14.4 Å². The molecule has 0 aromatic rings. The predicted octanol–water partition coefficient (Wildman–Crippen LogP) is 3.31. The smallest absolute Gasteiger partial charge is 0.236 e. The summed E-state index contributed by atoms with van der Waals surface area (Å²) in [4.78, 5) is 40.4. The summed E-state index contributed by atoms with van der Waals surface area (Å²) < 4.78 is 0. The van der Waals surface area contributed by atoms with Crippen LogP contribution in [0.25, 0.3) is 0 Å². The first-order valence-electron chi connectivity index (χ1n) is 16.2. The molecule has 0 spiro atoms. The first kappa shape index (κ1) is 38.0. The lowest BCUT2D eigenvalue weighted by atomic mass is 9.68. The summed E-state index contributed by atoms with van der Waals surface area (Å²) >= 11 is 1.44. The summed E-state index contributed by atoms with van der Waals surface area (Å²) in [5, 5.41) is 14.7. The van der Waals surface area contributed by atoms with Gasteiger partial charge in [0.2, 0.25) is 17.7 Å². The molecule has 3 atom stereocenters. The highest BCUT2D eigenvalue weighted by atomic mass is 32.2. The van der Waals surface area contributed by atoms with Crippen LogP contribution < -0.4 is 32.3 Å². The molecule has 1 aliphatic carbocycles. The van der Waals surface area contributed by atoms with Gasteiger partial charge in [0, 0.05) is 52.4 Å². The Kier molecular flexibility index (Phi) is 21.2. The molecule has 244 valence electrons. The molecule has 0 aromatic heterocycles. The van der Waals surface area contributed by atoms with E-state index in [0.717, 1.165) is 25.2 Å². The van der Waals surface area contributed by atoms with Crippen molar-refractivity contribution in [1.29, 1.82) is 0 Å². The molecule has 7 N–H and O–H groups in total. The number of carbonyl (C=O) groups is 3. The lowest BCUT2D eigenvalue weighted by Gasteiger charge is -2.37. The number of thioether (sulfide) groups is 1. The minimum atomic E-state index is -0.560. The van der Waals surface area contributed by atoms with Gasteiger partial charge in [-0.15, -0.1) is 0 Å². The molecular weight excluding hydrogens is 550 g/mol. The van der Waals surface area contributed by atoms with Crippen LogP contribution in [0.2, 0.25) is 0 Å². The summed E-state index contributed by atoms with van der Waals surface area (Å²) in [6, 6.07) is -0.560. The van der Waals surface area contributed by atoms with Crippen molar-refractivity contribution in [3.8, 4) is 0 Å². The number of nitrogens with one attached hydrogen (secondary N) is 5. The zero-order chi connectivity index (χ0) is 31.1. The third kappa shape index (κ3) is 17.8. The first-order chi connectivity index (χ1) is 20.2. The number of amides is 3. The molecule has 1 fully saturated rings. The van der Waals surface area contributed by atoms with Gasteiger partial charge in [0.05, 0.1) is 11.8 Å². The van der Waals surface area contributed by atoms with Crippen molar-refractivity contribution in [2.24, 2.45) is 22.1 Å². The second-order valence-electron chi connectivity index (χ2n) is 12.0. The zero-order valence-electron chi connectivity index (χ0n) is 27.0. The molecule has 0 aliphatic heterocycles. The van der Waals surface area contributed by atoms with Crippen LogP contribution in [0.1, 0.15) is 104 Å². The molecule has 3 amide bonds. The SMILES string of the molecule is CN=C(NC)NCCCC(N)C(=O)NCCSCC(=O)NCCC(=O)NCCCCC1(C)CCCCCCCCC1C. The molecule has 0 heterocycles. The summed E-state index contributed by atoms with van der Waals surface area (Å²) in [6.07, 6.45) is 15.9. The second kappa shape index (κ2) is 23.4. The standard InChI is InChI=1S/C31H61N7O3S/c1-25-14-9-7-5-6-8-10-17-31(25,2)18-11-12-19-35-27(39)16-21-36-28(40)24-42-23-22-37-29(41)26(32)15-13-20-38-30(33-3)34-4/h25-26H,5-24,32H2,1-4H3,(H,35,39)(H,36,40)(H,37,41)(H2,33,34,38). The van der Waals surface area contributed by atoms with Crippen molar-refractivity contribution in [3.63, 3.8) is 0 Å². The lowest BCUT2D eigenvalue weighted by Crippen LogP contribution is -2.42. The van der Waals surface area contributed by atoms with Crippen molar-refractivity contribution in [3.05, 3.63) is 0 Å². The quantitative estimate of drug-likeness (QED) is 0.0791. The molecule has 11 heteroatoms. The zero-order valence-corrected chi connectivity index (χ0v) is 27.8. The van der Waals surface area contributed by atoms with Gasteiger partial charge in [-0.3, -0.25) is 19.4 Å². The lowest BCUT2D eigenvalue weighted by molar-refractivity contribution is -0.123. The Morgan fingerprint density at radius 3 is 2.33 bits per heavy atom. The maximum atomic E-state index is 12.2. The largest absolute Gasteiger partial charge is 0.359 e. The Balaban J connectivity index is 2.05. The van der Waals surface area contributed by atoms with Crippen molar-refractivity contribution >= 4 is 35.4 Å². The Hall–Kier alpha value is -2.01. The molecule has 1 aliphatic rings. The third-order valence-electron chi connectivity index (χ3n) is 8.56. The monoisotopic (exact) mass is 611 g/mol. The molecule has 0 saturated heterocycles. The topological polar surface area (TPSA) is 150 Å². The maximum absolute atomic E-state index is 12.2. The van der Waals surface area contributed by atoms with Gasteiger partial charge >= 0.3 is 0 Å². The molecule has 0 radical (unpaired) electrons. The maximum Gasteiger partial charge on any atom is 0.236 e. The third-order valence-corrected chi connectivity index (χ3v) is 9.52. The molecule has 42 heavy (non-hydrogen) atoms. The van der Waals surface area contributed by atoms with Gasteiger partial charge in [0.25, 0.3) is 0 Å². The number of guanidine groups is 1. The fourth-order valence-electron chi connectivity index (χ4n) is 5.47. The van der Waals surface area contributed by atoms with Crippen LogP contribution >= 0.6 is 11.8 Å². The molecular formula is C31H61N7O3S. The van der Waals surface area contributed by atoms with Crippen LogP contribution in [0, 0.1) is 11.3 Å². The Labute approximate surface area is 259 Å². The van der Waals surface area contributed by atoms with Gasteiger partial charge in [-0.25, -0.2) is 0 Å². The predicted molar refractivity (Wildman–Crippen MR) is 177 cm³/mol. The molecule has 3 unspecified atom stereocenters. The summed E-state index contributed by atoms with van der Waals surface area (Å²) in [7, 11) is 3.49. The molecule has 0 aromatic carbocycles. The average Bonchev–Trinajstić information content (AvgIpc) is 2.97. The fourth-order valence-corrected chi connectivity index (χ4v) is 6.15. The minimum Gasteiger partial charge on any atom is -0.359 e. The van der Waals surface area contributed by atoms with E-state index in [4.69, 9.17) is 5.73 Å². The Morgan fingerprint density at radius 1 is 0.905 bits per heavy atom. The van der Waals surface area contributed by atoms with E-state index in [2.05, 4.69) is 45.4 Å². The number of nitrogens with zero attached hydrogens (tertiary/aromatic N) is 1. The van der Waals surface area contributed by atoms with Gasteiger partial charge in [0.1, 0.15) is 0 Å². The number of rotatable bonds is 18. The van der Waals surface area contributed by atoms with Crippen LogP contribution in [0.15, 0.2) is 4.99 Å². The van der Waals surface area contributed by atoms with Crippen molar-refractivity contribution in [2.45, 2.75) is 110 Å². The number of hydrogen-bond acceptors (Lipinski definition) is 6. The summed E-state index contributed by atoms with van der Waals surface area (Å²) in [5.74, 6) is 2.07. The second-order valence-corrected chi connectivity index (χ2v) is 13.1. The van der Waals surface area contributed by atoms with E-state index in [-0.39, 0.29) is 24.1 Å². The highest BCUT2D eigenvalue weighted by Gasteiger charge is 2.30. The highest BCUT2D eigenvalue weighted by molar-refractivity contribution is 7.99. The first-order valence-corrected chi connectivity index (χ1v) is 17.4. The van der Waals surface area contributed by atoms with E-state index in [9.17, 15) is 14.4 Å². The number of hydrogen-bond donors (Lipinski definition) is 6. The Morgan fingerprint density at radius 2 is 1.60 bits per heavy atom. The van der Waals surface area contributed by atoms with Crippen LogP contribution in [-0.4, -0.2) is 81.5 Å². The van der Waals surface area contributed by atoms with E-state index in [1.165, 1.54) is 69.5 Å². The van der Waals surface area contributed by atoms with Gasteiger partial charge in [0.15, 0.2) is 5.96 Å². The van der Waals surface area contributed by atoms with Gasteiger partial charge in [-0.05, 0) is 43.4 Å². The minimum absolute atomic E-state index is 0.0166. The molecule has 10 nitrogen and oxygen atoms in total. The average molecular weight is 612 g/mol. The van der Waals surface area contributed by atoms with E-state index in [1.54, 1.807) is 14.1 Å². The van der Waals surface area contributed by atoms with E-state index in [0.29, 0.717) is 55.5 Å². The summed E-state index contributed by atoms with van der Waals surface area (Å²) in [5.41, 5.74) is 6.38. The number of unbranched alkanes of at least 4 members (excludes halogenated alkanes) is 1. The normalized spacial score (nSPS) is 20.7. The van der Waals surface area contributed by atoms with Crippen LogP contribution in [0.4, 0.5) is 0 Å². The van der Waals surface area contributed by atoms with Crippen molar-refractivity contribution < 1.29 is 14.4 Å². The van der Waals surface area contributed by atoms with Crippen molar-refractivity contribution in [2.75, 3.05) is 51.8 Å². The van der Waals surface area contributed by atoms with Crippen LogP contribution in [0.3, 0.4) is 0 Å². The Bertz CT molecular complexity index is 798. The van der Waals surface area contributed by atoms with Gasteiger partial charge in [-0.2, -0.15) is 11.8 Å². The summed E-state index contributed by atoms with van der Waals surface area (Å²) in [6.45, 7) is 7.09. The van der Waals surface area contributed by atoms with E-state index in [1.807, 2.05) is 0 Å².